The maximum atomic E-state index is 12.6. The van der Waals surface area contributed by atoms with Crippen molar-refractivity contribution < 1.29 is 33.7 Å². The molecule has 2 N–H and O–H groups in total. The summed E-state index contributed by atoms with van der Waals surface area (Å²) in [5.41, 5.74) is 0.411. The van der Waals surface area contributed by atoms with Crippen LogP contribution in [0.15, 0.2) is 72.3 Å². The Bertz CT molecular complexity index is 1340. The van der Waals surface area contributed by atoms with Crippen LogP contribution in [0.1, 0.15) is 26.3 Å². The van der Waals surface area contributed by atoms with Crippen LogP contribution in [0.4, 0.5) is 5.69 Å². The van der Waals surface area contributed by atoms with Crippen LogP contribution in [-0.2, 0) is 4.79 Å². The van der Waals surface area contributed by atoms with Crippen LogP contribution >= 0.6 is 0 Å². The molecule has 176 valence electrons. The summed E-state index contributed by atoms with van der Waals surface area (Å²) in [5, 5.41) is 21.2. The second kappa shape index (κ2) is 11.2. The predicted octanol–water partition coefficient (Wildman–Crippen LogP) is 4.17. The van der Waals surface area contributed by atoms with Gasteiger partial charge in [0.2, 0.25) is 0 Å². The molecule has 9 nitrogen and oxygen atoms in total. The van der Waals surface area contributed by atoms with E-state index in [9.17, 15) is 24.8 Å². The van der Waals surface area contributed by atoms with E-state index in [1.807, 2.05) is 0 Å². The zero-order valence-corrected chi connectivity index (χ0v) is 18.8. The van der Waals surface area contributed by atoms with E-state index in [-0.39, 0.29) is 28.3 Å². The SMILES string of the molecule is COc1ccc(C(=O)Oc2ccc(/C=C(\C#N)C(=O)Nc3ccccc3C(=O)O)cc2OC)cc1. The number of methoxy groups -OCH3 is 2. The van der Waals surface area contributed by atoms with E-state index in [0.717, 1.165) is 0 Å². The summed E-state index contributed by atoms with van der Waals surface area (Å²) >= 11 is 0. The zero-order chi connectivity index (χ0) is 25.4. The van der Waals surface area contributed by atoms with E-state index in [1.165, 1.54) is 56.7 Å². The Morgan fingerprint density at radius 1 is 0.943 bits per heavy atom. The normalized spacial score (nSPS) is 10.6. The van der Waals surface area contributed by atoms with Gasteiger partial charge in [0.05, 0.1) is 31.0 Å². The number of nitrogens with one attached hydrogen (secondary N) is 1. The molecule has 0 heterocycles. The highest BCUT2D eigenvalue weighted by Gasteiger charge is 2.16. The van der Waals surface area contributed by atoms with Crippen molar-refractivity contribution in [3.8, 4) is 23.3 Å². The van der Waals surface area contributed by atoms with Crippen LogP contribution in [0.5, 0.6) is 17.2 Å². The summed E-state index contributed by atoms with van der Waals surface area (Å²) in [4.78, 5) is 36.4. The van der Waals surface area contributed by atoms with Gasteiger partial charge >= 0.3 is 11.9 Å². The van der Waals surface area contributed by atoms with Gasteiger partial charge in [-0.1, -0.05) is 18.2 Å². The molecule has 0 saturated heterocycles. The maximum absolute atomic E-state index is 12.6. The molecule has 0 fully saturated rings. The lowest BCUT2D eigenvalue weighted by atomic mass is 10.1. The largest absolute Gasteiger partial charge is 0.497 e. The summed E-state index contributed by atoms with van der Waals surface area (Å²) in [6.07, 6.45) is 1.30. The molecule has 3 rings (SSSR count). The van der Waals surface area contributed by atoms with E-state index in [0.29, 0.717) is 16.9 Å². The van der Waals surface area contributed by atoms with Crippen LogP contribution in [0.25, 0.3) is 6.08 Å². The summed E-state index contributed by atoms with van der Waals surface area (Å²) in [7, 11) is 2.90. The third-order valence-electron chi connectivity index (χ3n) is 4.80. The predicted molar refractivity (Wildman–Crippen MR) is 127 cm³/mol. The molecule has 3 aromatic rings. The Morgan fingerprint density at radius 2 is 1.66 bits per heavy atom. The Balaban J connectivity index is 1.80. The van der Waals surface area contributed by atoms with Gasteiger partial charge in [-0.3, -0.25) is 4.79 Å². The second-order valence-corrected chi connectivity index (χ2v) is 7.00. The number of anilines is 1. The first-order chi connectivity index (χ1) is 16.9. The fourth-order valence-corrected chi connectivity index (χ4v) is 3.03. The van der Waals surface area contributed by atoms with Crippen molar-refractivity contribution in [2.75, 3.05) is 19.5 Å². The number of carbonyl (C=O) groups is 3. The van der Waals surface area contributed by atoms with Crippen molar-refractivity contribution in [2.24, 2.45) is 0 Å². The lowest BCUT2D eigenvalue weighted by molar-refractivity contribution is -0.112. The molecular weight excluding hydrogens is 452 g/mol. The van der Waals surface area contributed by atoms with Crippen LogP contribution in [-0.4, -0.2) is 37.2 Å². The van der Waals surface area contributed by atoms with Gasteiger partial charge in [0.1, 0.15) is 17.4 Å². The van der Waals surface area contributed by atoms with Crippen molar-refractivity contribution in [1.82, 2.24) is 0 Å². The smallest absolute Gasteiger partial charge is 0.343 e. The Kier molecular flexibility index (Phi) is 7.82. The fourth-order valence-electron chi connectivity index (χ4n) is 3.03. The number of hydrogen-bond donors (Lipinski definition) is 2. The average molecular weight is 472 g/mol. The van der Waals surface area contributed by atoms with E-state index in [2.05, 4.69) is 5.32 Å². The van der Waals surface area contributed by atoms with Crippen LogP contribution in [0, 0.1) is 11.3 Å². The zero-order valence-electron chi connectivity index (χ0n) is 18.8. The van der Waals surface area contributed by atoms with E-state index in [1.54, 1.807) is 36.4 Å². The van der Waals surface area contributed by atoms with Gasteiger partial charge in [-0.25, -0.2) is 9.59 Å². The number of amides is 1. The topological polar surface area (TPSA) is 135 Å². The number of carboxylic acid groups (broad SMARTS) is 1. The number of aromatic carboxylic acids is 1. The van der Waals surface area contributed by atoms with Gasteiger partial charge in [-0.2, -0.15) is 5.26 Å². The molecule has 0 spiro atoms. The van der Waals surface area contributed by atoms with Crippen LogP contribution in [0.3, 0.4) is 0 Å². The van der Waals surface area contributed by atoms with Crippen LogP contribution < -0.4 is 19.5 Å². The van der Waals surface area contributed by atoms with E-state index < -0.39 is 17.8 Å². The molecule has 0 aliphatic carbocycles. The highest BCUT2D eigenvalue weighted by Crippen LogP contribution is 2.30. The van der Waals surface area contributed by atoms with Gasteiger partial charge in [-0.15, -0.1) is 0 Å². The fraction of sp³-hybridized carbons (Fsp3) is 0.0769. The minimum Gasteiger partial charge on any atom is -0.497 e. The molecule has 0 saturated carbocycles. The highest BCUT2D eigenvalue weighted by atomic mass is 16.6. The monoisotopic (exact) mass is 472 g/mol. The molecule has 9 heteroatoms. The van der Waals surface area contributed by atoms with Crippen LogP contribution in [0.2, 0.25) is 0 Å². The lowest BCUT2D eigenvalue weighted by Crippen LogP contribution is -2.16. The first-order valence-electron chi connectivity index (χ1n) is 10.2. The van der Waals surface area contributed by atoms with Gasteiger partial charge in [0, 0.05) is 0 Å². The van der Waals surface area contributed by atoms with Gasteiger partial charge in [0.15, 0.2) is 11.5 Å². The summed E-state index contributed by atoms with van der Waals surface area (Å²) in [6.45, 7) is 0. The summed E-state index contributed by atoms with van der Waals surface area (Å²) in [5.74, 6) is -1.66. The summed E-state index contributed by atoms with van der Waals surface area (Å²) < 4.78 is 15.8. The number of nitriles is 1. The second-order valence-electron chi connectivity index (χ2n) is 7.00. The molecule has 0 aromatic heterocycles. The molecule has 3 aromatic carbocycles. The molecule has 35 heavy (non-hydrogen) atoms. The Labute approximate surface area is 200 Å². The molecule has 0 bridgehead atoms. The van der Waals surface area contributed by atoms with Crippen molar-refractivity contribution in [3.05, 3.63) is 89.0 Å². The molecule has 0 aliphatic heterocycles. The lowest BCUT2D eigenvalue weighted by Gasteiger charge is -2.11. The molecule has 0 atom stereocenters. The average Bonchev–Trinajstić information content (AvgIpc) is 2.88. The van der Waals surface area contributed by atoms with Gasteiger partial charge in [0.25, 0.3) is 5.91 Å². The van der Waals surface area contributed by atoms with Crippen molar-refractivity contribution >= 4 is 29.6 Å². The van der Waals surface area contributed by atoms with Crippen molar-refractivity contribution in [3.63, 3.8) is 0 Å². The molecule has 0 aliphatic rings. The maximum Gasteiger partial charge on any atom is 0.343 e. The van der Waals surface area contributed by atoms with Crippen molar-refractivity contribution in [1.29, 1.82) is 5.26 Å². The Hall–Kier alpha value is -5.10. The van der Waals surface area contributed by atoms with Crippen molar-refractivity contribution in [2.45, 2.75) is 0 Å². The molecule has 0 unspecified atom stereocenters. The number of carboxylic acids is 1. The van der Waals surface area contributed by atoms with Gasteiger partial charge < -0.3 is 24.6 Å². The Morgan fingerprint density at radius 3 is 2.29 bits per heavy atom. The number of benzene rings is 3. The third-order valence-corrected chi connectivity index (χ3v) is 4.80. The molecular formula is C26H20N2O7. The van der Waals surface area contributed by atoms with E-state index in [4.69, 9.17) is 14.2 Å². The number of nitrogens with zero attached hydrogens (tertiary/aromatic N) is 1. The number of hydrogen-bond acceptors (Lipinski definition) is 7. The number of para-hydroxylation sites is 1. The first kappa shape index (κ1) is 24.5. The quantitative estimate of drug-likeness (QED) is 0.216. The molecule has 1 amide bonds. The first-order valence-corrected chi connectivity index (χ1v) is 10.2. The standard InChI is InChI=1S/C26H20N2O7/c1-33-19-10-8-17(9-11-19)26(32)35-22-12-7-16(14-23(22)34-2)13-18(15-27)24(29)28-21-6-4-3-5-20(21)25(30)31/h3-14H,1-2H3,(H,28,29)(H,30,31)/b18-13+. The van der Waals surface area contributed by atoms with E-state index >= 15 is 0 Å². The third kappa shape index (κ3) is 6.03. The molecule has 0 radical (unpaired) electrons. The summed E-state index contributed by atoms with van der Waals surface area (Å²) in [6, 6.07) is 18.5. The minimum absolute atomic E-state index is 0.0597. The van der Waals surface area contributed by atoms with Gasteiger partial charge in [-0.05, 0) is 60.2 Å². The number of ether oxygens (including phenoxy) is 3. The number of esters is 1. The minimum atomic E-state index is -1.21. The number of carbonyl (C=O) groups excluding carboxylic acids is 2. The highest BCUT2D eigenvalue weighted by molar-refractivity contribution is 6.11. The number of rotatable bonds is 8.